The van der Waals surface area contributed by atoms with Gasteiger partial charge in [0.25, 0.3) is 5.91 Å². The predicted molar refractivity (Wildman–Crippen MR) is 145 cm³/mol. The zero-order valence-corrected chi connectivity index (χ0v) is 22.7. The number of hydrogen-bond acceptors (Lipinski definition) is 5. The summed E-state index contributed by atoms with van der Waals surface area (Å²) >= 11 is 14.0. The normalized spacial score (nSPS) is 14.8. The molecule has 2 aromatic rings. The van der Waals surface area contributed by atoms with Crippen LogP contribution in [-0.4, -0.2) is 65.6 Å². The number of carboxylic acid groups (broad SMARTS) is 1. The maximum Gasteiger partial charge on any atom is 0.328 e. The first-order valence-electron chi connectivity index (χ1n) is 11.7. The number of likely N-dealkylation sites (tertiary alicyclic amines) is 1. The molecule has 0 aliphatic carbocycles. The van der Waals surface area contributed by atoms with Gasteiger partial charge < -0.3 is 20.6 Å². The lowest BCUT2D eigenvalue weighted by atomic mass is 9.95. The minimum Gasteiger partial charge on any atom is -0.480 e. The highest BCUT2D eigenvalue weighted by molar-refractivity contribution is 7.98. The second kappa shape index (κ2) is 13.6. The van der Waals surface area contributed by atoms with Crippen LogP contribution in [0.1, 0.15) is 28.8 Å². The van der Waals surface area contributed by atoms with Crippen LogP contribution in [-0.2, 0) is 14.4 Å². The molecule has 0 aromatic heterocycles. The Bertz CT molecular complexity index is 1250. The fourth-order valence-electron chi connectivity index (χ4n) is 3.89. The van der Waals surface area contributed by atoms with E-state index in [0.717, 1.165) is 11.0 Å². The summed E-state index contributed by atoms with van der Waals surface area (Å²) in [5, 5.41) is 15.0. The smallest absolute Gasteiger partial charge is 0.328 e. The lowest BCUT2D eigenvalue weighted by Gasteiger charge is -2.31. The molecule has 38 heavy (non-hydrogen) atoms. The molecule has 8 nitrogen and oxygen atoms in total. The predicted octanol–water partition coefficient (Wildman–Crippen LogP) is 4.11. The molecule has 0 bridgehead atoms. The summed E-state index contributed by atoms with van der Waals surface area (Å²) in [5.74, 6) is -4.10. The van der Waals surface area contributed by atoms with Crippen molar-refractivity contribution in [2.75, 3.05) is 25.9 Å². The van der Waals surface area contributed by atoms with Gasteiger partial charge in [-0.2, -0.15) is 0 Å². The number of carbonyl (C=O) groups excluding carboxylic acids is 3. The van der Waals surface area contributed by atoms with Crippen LogP contribution in [0.25, 0.3) is 6.08 Å². The number of amides is 3. The van der Waals surface area contributed by atoms with Crippen LogP contribution < -0.4 is 10.6 Å². The van der Waals surface area contributed by atoms with E-state index in [2.05, 4.69) is 10.6 Å². The number of piperidine rings is 1. The number of nitrogens with zero attached hydrogens (tertiary/aromatic N) is 1. The Morgan fingerprint density at radius 1 is 1.13 bits per heavy atom. The van der Waals surface area contributed by atoms with Crippen molar-refractivity contribution in [1.82, 2.24) is 15.5 Å². The van der Waals surface area contributed by atoms with Gasteiger partial charge in [-0.05, 0) is 48.9 Å². The summed E-state index contributed by atoms with van der Waals surface area (Å²) in [4.78, 5) is 51.6. The second-order valence-corrected chi connectivity index (χ2v) is 10.1. The Hall–Kier alpha value is -3.08. The van der Waals surface area contributed by atoms with Crippen molar-refractivity contribution in [3.8, 4) is 0 Å². The van der Waals surface area contributed by atoms with Crippen molar-refractivity contribution in [1.29, 1.82) is 0 Å². The summed E-state index contributed by atoms with van der Waals surface area (Å²) in [6, 6.07) is 7.50. The van der Waals surface area contributed by atoms with Gasteiger partial charge >= 0.3 is 5.97 Å². The molecule has 0 spiro atoms. The number of hydrogen-bond donors (Lipinski definition) is 3. The van der Waals surface area contributed by atoms with E-state index < -0.39 is 42.1 Å². The van der Waals surface area contributed by atoms with E-state index in [-0.39, 0.29) is 11.5 Å². The molecule has 0 saturated carbocycles. The lowest BCUT2D eigenvalue weighted by Crippen LogP contribution is -2.51. The van der Waals surface area contributed by atoms with Gasteiger partial charge in [0.05, 0.1) is 15.6 Å². The van der Waals surface area contributed by atoms with Gasteiger partial charge in [-0.1, -0.05) is 41.4 Å². The van der Waals surface area contributed by atoms with Crippen LogP contribution in [0.15, 0.2) is 47.4 Å². The Labute approximate surface area is 233 Å². The third-order valence-corrected chi connectivity index (χ3v) is 7.87. The summed E-state index contributed by atoms with van der Waals surface area (Å²) in [5.41, 5.74) is 0.385. The van der Waals surface area contributed by atoms with Crippen molar-refractivity contribution in [2.45, 2.75) is 23.8 Å². The monoisotopic (exact) mass is 581 g/mol. The first-order valence-corrected chi connectivity index (χ1v) is 13.6. The highest BCUT2D eigenvalue weighted by Crippen LogP contribution is 2.35. The average Bonchev–Trinajstić information content (AvgIpc) is 2.91. The number of rotatable bonds is 9. The van der Waals surface area contributed by atoms with Gasteiger partial charge in [0.15, 0.2) is 0 Å². The van der Waals surface area contributed by atoms with Crippen LogP contribution in [0.5, 0.6) is 0 Å². The van der Waals surface area contributed by atoms with E-state index >= 15 is 0 Å². The molecule has 202 valence electrons. The molecule has 1 aliphatic heterocycles. The molecule has 0 radical (unpaired) electrons. The lowest BCUT2D eigenvalue weighted by molar-refractivity contribution is -0.142. The molecule has 3 amide bonds. The standard InChI is InChI=1S/C26H26Cl2FN3O5S/c1-38-20-8-6-15(22(27)23(20)28)7-9-21(33)32-12-10-16(11-13-32)24(34)31-19(26(36)37)14-30-25(35)17-4-2-3-5-18(17)29/h2-9,16,19H,10-14H2,1H3,(H,30,35)(H,31,34)(H,36,37). The number of thioether (sulfide) groups is 1. The maximum atomic E-state index is 13.8. The maximum absolute atomic E-state index is 13.8. The third-order valence-electron chi connectivity index (χ3n) is 6.08. The number of nitrogens with one attached hydrogen (secondary N) is 2. The van der Waals surface area contributed by atoms with Crippen LogP contribution in [0.2, 0.25) is 10.0 Å². The van der Waals surface area contributed by atoms with E-state index in [1.54, 1.807) is 17.0 Å². The van der Waals surface area contributed by atoms with E-state index in [1.165, 1.54) is 36.0 Å². The van der Waals surface area contributed by atoms with E-state index in [0.29, 0.717) is 41.5 Å². The number of carbonyl (C=O) groups is 4. The van der Waals surface area contributed by atoms with Crippen LogP contribution >= 0.6 is 35.0 Å². The fraction of sp³-hybridized carbons (Fsp3) is 0.308. The summed E-state index contributed by atoms with van der Waals surface area (Å²) in [6.07, 6.45) is 5.55. The van der Waals surface area contributed by atoms with E-state index in [4.69, 9.17) is 23.2 Å². The van der Waals surface area contributed by atoms with E-state index in [9.17, 15) is 28.7 Å². The number of carboxylic acids is 1. The summed E-state index contributed by atoms with van der Waals surface area (Å²) in [6.45, 7) is 0.201. The largest absolute Gasteiger partial charge is 0.480 e. The molecular weight excluding hydrogens is 556 g/mol. The molecule has 2 aromatic carbocycles. The number of halogens is 3. The average molecular weight is 582 g/mol. The van der Waals surface area contributed by atoms with Crippen molar-refractivity contribution in [2.24, 2.45) is 5.92 Å². The third kappa shape index (κ3) is 7.49. The van der Waals surface area contributed by atoms with Gasteiger partial charge in [-0.25, -0.2) is 9.18 Å². The van der Waals surface area contributed by atoms with Gasteiger partial charge in [-0.15, -0.1) is 11.8 Å². The van der Waals surface area contributed by atoms with E-state index in [1.807, 2.05) is 12.3 Å². The fourth-order valence-corrected chi connectivity index (χ4v) is 5.06. The Morgan fingerprint density at radius 3 is 2.45 bits per heavy atom. The van der Waals surface area contributed by atoms with Crippen LogP contribution in [0.3, 0.4) is 0 Å². The molecule has 1 atom stereocenters. The topological polar surface area (TPSA) is 116 Å². The van der Waals surface area contributed by atoms with Gasteiger partial charge in [0, 0.05) is 36.5 Å². The molecular formula is C26H26Cl2FN3O5S. The SMILES string of the molecule is CSc1ccc(C=CC(=O)N2CCC(C(=O)NC(CNC(=O)c3ccccc3F)C(=O)O)CC2)c(Cl)c1Cl. The highest BCUT2D eigenvalue weighted by Gasteiger charge is 2.30. The Morgan fingerprint density at radius 2 is 1.82 bits per heavy atom. The van der Waals surface area contributed by atoms with Crippen molar-refractivity contribution < 1.29 is 28.7 Å². The Kier molecular flexibility index (Phi) is 10.6. The number of benzene rings is 2. The molecule has 1 saturated heterocycles. The zero-order chi connectivity index (χ0) is 27.8. The minimum absolute atomic E-state index is 0.226. The van der Waals surface area contributed by atoms with Crippen molar-refractivity contribution >= 4 is 64.7 Å². The molecule has 1 heterocycles. The van der Waals surface area contributed by atoms with Crippen LogP contribution in [0.4, 0.5) is 4.39 Å². The second-order valence-electron chi connectivity index (χ2n) is 8.51. The molecule has 3 rings (SSSR count). The summed E-state index contributed by atoms with van der Waals surface area (Å²) in [7, 11) is 0. The summed E-state index contributed by atoms with van der Waals surface area (Å²) < 4.78 is 13.8. The van der Waals surface area contributed by atoms with Crippen molar-refractivity contribution in [3.05, 3.63) is 69.5 Å². The van der Waals surface area contributed by atoms with Crippen molar-refractivity contribution in [3.63, 3.8) is 0 Å². The molecule has 1 aliphatic rings. The molecule has 12 heteroatoms. The van der Waals surface area contributed by atoms with Gasteiger partial charge in [0.2, 0.25) is 11.8 Å². The first kappa shape index (κ1) is 29.5. The zero-order valence-electron chi connectivity index (χ0n) is 20.4. The molecule has 1 unspecified atom stereocenters. The van der Waals surface area contributed by atoms with Gasteiger partial charge in [0.1, 0.15) is 11.9 Å². The highest BCUT2D eigenvalue weighted by atomic mass is 35.5. The van der Waals surface area contributed by atoms with Gasteiger partial charge in [-0.3, -0.25) is 14.4 Å². The first-order chi connectivity index (χ1) is 18.1. The molecule has 3 N–H and O–H groups in total. The minimum atomic E-state index is -1.39. The van der Waals surface area contributed by atoms with Crippen LogP contribution in [0, 0.1) is 11.7 Å². The Balaban J connectivity index is 1.51. The number of aliphatic carboxylic acids is 1. The quantitative estimate of drug-likeness (QED) is 0.303. The molecule has 1 fully saturated rings.